The minimum Gasteiger partial charge on any atom is -0.377 e. The van der Waals surface area contributed by atoms with Gasteiger partial charge in [0.1, 0.15) is 6.54 Å². The number of halogens is 3. The molecule has 174 valence electrons. The number of fused-ring (bicyclic) bond motifs is 1. The summed E-state index contributed by atoms with van der Waals surface area (Å²) in [5.74, 6) is 0.285. The number of nitrogens with zero attached hydrogens (tertiary/aromatic N) is 4. The van der Waals surface area contributed by atoms with Crippen molar-refractivity contribution in [3.05, 3.63) is 0 Å². The van der Waals surface area contributed by atoms with Crippen molar-refractivity contribution in [2.75, 3.05) is 26.2 Å². The van der Waals surface area contributed by atoms with Gasteiger partial charge in [-0.25, -0.2) is 0 Å². The first kappa shape index (κ1) is 22.5. The summed E-state index contributed by atoms with van der Waals surface area (Å²) in [6.45, 7) is 6.43. The van der Waals surface area contributed by atoms with Gasteiger partial charge in [-0.05, 0) is 32.6 Å². The van der Waals surface area contributed by atoms with Gasteiger partial charge >= 0.3 is 6.18 Å². The van der Waals surface area contributed by atoms with Crippen LogP contribution in [0.4, 0.5) is 13.2 Å². The lowest BCUT2D eigenvalue weighted by atomic mass is 9.75. The zero-order chi connectivity index (χ0) is 22.3. The standard InChI is InChI=1S/C21H32F3N5O2/c1-4-31-16-6-14(7-25-9-16)17-5-12(2)18-19(27-17)13(3)29(20(18)30)15-8-26-28(10-15)11-21(22,23)24/h7-8,12-19,27H,4-6,9-11H2,1-3H3/t12?,13-,14?,15?,16?,17?,18?,19?/m1/s1. The molecule has 4 aliphatic heterocycles. The zero-order valence-electron chi connectivity index (χ0n) is 18.3. The Morgan fingerprint density at radius 2 is 2.03 bits per heavy atom. The Kier molecular flexibility index (Phi) is 6.31. The number of hydrogen-bond donors (Lipinski definition) is 1. The minimum atomic E-state index is -4.31. The summed E-state index contributed by atoms with van der Waals surface area (Å²) in [4.78, 5) is 19.6. The van der Waals surface area contributed by atoms with Crippen LogP contribution >= 0.6 is 0 Å². The summed E-state index contributed by atoms with van der Waals surface area (Å²) in [6.07, 6.45) is 1.10. The number of likely N-dealkylation sites (tertiary alicyclic amines) is 1. The van der Waals surface area contributed by atoms with E-state index in [1.54, 1.807) is 4.90 Å². The molecule has 1 amide bonds. The van der Waals surface area contributed by atoms with Gasteiger partial charge in [-0.3, -0.25) is 14.8 Å². The molecule has 1 N–H and O–H groups in total. The van der Waals surface area contributed by atoms with Crippen LogP contribution in [0.3, 0.4) is 0 Å². The molecule has 8 atom stereocenters. The van der Waals surface area contributed by atoms with Gasteiger partial charge in [0.2, 0.25) is 5.91 Å². The molecule has 0 spiro atoms. The van der Waals surface area contributed by atoms with Crippen molar-refractivity contribution in [1.29, 1.82) is 0 Å². The van der Waals surface area contributed by atoms with Crippen LogP contribution in [0.2, 0.25) is 0 Å². The first-order chi connectivity index (χ1) is 14.7. The van der Waals surface area contributed by atoms with E-state index in [0.717, 1.165) is 17.9 Å². The number of piperidine rings is 1. The minimum absolute atomic E-state index is 0.0192. The average molecular weight is 444 g/mol. The maximum atomic E-state index is 13.3. The monoisotopic (exact) mass is 443 g/mol. The number of aliphatic imine (C=N–C) groups is 1. The summed E-state index contributed by atoms with van der Waals surface area (Å²) in [6, 6.07) is -0.376. The van der Waals surface area contributed by atoms with Crippen LogP contribution in [0.5, 0.6) is 0 Å². The van der Waals surface area contributed by atoms with Crippen LogP contribution in [0.25, 0.3) is 0 Å². The summed E-state index contributed by atoms with van der Waals surface area (Å²) in [7, 11) is 0. The van der Waals surface area contributed by atoms with Crippen LogP contribution < -0.4 is 5.32 Å². The average Bonchev–Trinajstić information content (AvgIpc) is 3.23. The third-order valence-electron chi connectivity index (χ3n) is 7.11. The van der Waals surface area contributed by atoms with E-state index < -0.39 is 18.8 Å². The van der Waals surface area contributed by atoms with Crippen LogP contribution in [0.15, 0.2) is 10.1 Å². The molecule has 7 unspecified atom stereocenters. The van der Waals surface area contributed by atoms with E-state index in [1.807, 2.05) is 20.1 Å². The summed E-state index contributed by atoms with van der Waals surface area (Å²) < 4.78 is 44.0. The molecular formula is C21H32F3N5O2. The van der Waals surface area contributed by atoms with Gasteiger partial charge in [-0.15, -0.1) is 0 Å². The zero-order valence-corrected chi connectivity index (χ0v) is 18.3. The Bertz CT molecular complexity index is 730. The number of alkyl halides is 3. The third kappa shape index (κ3) is 4.60. The van der Waals surface area contributed by atoms with Gasteiger partial charge < -0.3 is 15.0 Å². The highest BCUT2D eigenvalue weighted by Crippen LogP contribution is 2.40. The third-order valence-corrected chi connectivity index (χ3v) is 7.11. The fraction of sp³-hybridized carbons (Fsp3) is 0.857. The normalized spacial score (nSPS) is 40.6. The molecule has 4 rings (SSSR count). The number of hydrogen-bond acceptors (Lipinski definition) is 6. The first-order valence-electron chi connectivity index (χ1n) is 11.2. The molecule has 0 bridgehead atoms. The number of hydrazone groups is 1. The van der Waals surface area contributed by atoms with Crippen LogP contribution in [-0.2, 0) is 9.53 Å². The number of carbonyl (C=O) groups is 1. The lowest BCUT2D eigenvalue weighted by Crippen LogP contribution is -2.57. The van der Waals surface area contributed by atoms with E-state index >= 15 is 0 Å². The number of rotatable bonds is 5. The lowest BCUT2D eigenvalue weighted by Gasteiger charge is -2.42. The molecule has 0 aliphatic carbocycles. The molecule has 0 aromatic heterocycles. The molecule has 7 nitrogen and oxygen atoms in total. The van der Waals surface area contributed by atoms with E-state index in [-0.39, 0.29) is 54.4 Å². The van der Waals surface area contributed by atoms with E-state index in [0.29, 0.717) is 13.2 Å². The lowest BCUT2D eigenvalue weighted by molar-refractivity contribution is -0.146. The molecule has 0 aromatic carbocycles. The fourth-order valence-electron chi connectivity index (χ4n) is 5.80. The maximum Gasteiger partial charge on any atom is 0.407 e. The molecule has 2 saturated heterocycles. The smallest absolute Gasteiger partial charge is 0.377 e. The SMILES string of the molecule is CCOC1CN=CC(C2CC(C)C3C(=O)N(C4C=NN(CC(F)(F)F)C4)[C@H](C)C3N2)C1. The predicted molar refractivity (Wildman–Crippen MR) is 111 cm³/mol. The molecule has 4 heterocycles. The van der Waals surface area contributed by atoms with Gasteiger partial charge in [0, 0.05) is 43.1 Å². The van der Waals surface area contributed by atoms with Crippen LogP contribution in [0, 0.1) is 17.8 Å². The molecule has 31 heavy (non-hydrogen) atoms. The molecule has 0 saturated carbocycles. The maximum absolute atomic E-state index is 13.3. The molecule has 10 heteroatoms. The van der Waals surface area contributed by atoms with Gasteiger partial charge in [0.05, 0.1) is 31.2 Å². The van der Waals surface area contributed by atoms with Crippen molar-refractivity contribution in [2.45, 2.75) is 70.1 Å². The highest BCUT2D eigenvalue weighted by atomic mass is 19.4. The molecule has 0 aromatic rings. The van der Waals surface area contributed by atoms with Crippen molar-refractivity contribution >= 4 is 18.3 Å². The van der Waals surface area contributed by atoms with Gasteiger partial charge in [-0.2, -0.15) is 18.3 Å². The van der Waals surface area contributed by atoms with E-state index in [9.17, 15) is 18.0 Å². The topological polar surface area (TPSA) is 69.5 Å². The molecule has 4 aliphatic rings. The van der Waals surface area contributed by atoms with Crippen molar-refractivity contribution < 1.29 is 22.7 Å². The summed E-state index contributed by atoms with van der Waals surface area (Å²) in [5, 5.41) is 8.62. The second kappa shape index (κ2) is 8.69. The van der Waals surface area contributed by atoms with Crippen molar-refractivity contribution in [3.8, 4) is 0 Å². The van der Waals surface area contributed by atoms with Gasteiger partial charge in [0.25, 0.3) is 0 Å². The van der Waals surface area contributed by atoms with Gasteiger partial charge in [0.15, 0.2) is 0 Å². The Balaban J connectivity index is 1.44. The van der Waals surface area contributed by atoms with Crippen molar-refractivity contribution in [2.24, 2.45) is 27.8 Å². The van der Waals surface area contributed by atoms with E-state index in [1.165, 1.54) is 6.21 Å². The number of carbonyl (C=O) groups excluding carboxylic acids is 1. The number of amides is 1. The van der Waals surface area contributed by atoms with E-state index in [2.05, 4.69) is 22.3 Å². The number of nitrogens with one attached hydrogen (secondary N) is 1. The molecular weight excluding hydrogens is 411 g/mol. The fourth-order valence-corrected chi connectivity index (χ4v) is 5.80. The molecule has 0 radical (unpaired) electrons. The highest BCUT2D eigenvalue weighted by Gasteiger charge is 2.54. The molecule has 2 fully saturated rings. The highest BCUT2D eigenvalue weighted by molar-refractivity contribution is 5.87. The Labute approximate surface area is 181 Å². The summed E-state index contributed by atoms with van der Waals surface area (Å²) in [5.41, 5.74) is 0. The predicted octanol–water partition coefficient (Wildman–Crippen LogP) is 1.93. The number of ether oxygens (including phenoxy) is 1. The quantitative estimate of drug-likeness (QED) is 0.705. The Hall–Kier alpha value is -1.68. The second-order valence-corrected chi connectivity index (χ2v) is 9.31. The van der Waals surface area contributed by atoms with E-state index in [4.69, 9.17) is 4.74 Å². The Morgan fingerprint density at radius 3 is 2.74 bits per heavy atom. The van der Waals surface area contributed by atoms with Crippen molar-refractivity contribution in [3.63, 3.8) is 0 Å². The Morgan fingerprint density at radius 1 is 1.26 bits per heavy atom. The largest absolute Gasteiger partial charge is 0.407 e. The summed E-state index contributed by atoms with van der Waals surface area (Å²) >= 11 is 0. The second-order valence-electron chi connectivity index (χ2n) is 9.31. The van der Waals surface area contributed by atoms with Crippen molar-refractivity contribution in [1.82, 2.24) is 15.2 Å². The van der Waals surface area contributed by atoms with Crippen LogP contribution in [-0.4, -0.2) is 90.9 Å². The van der Waals surface area contributed by atoms with Crippen LogP contribution in [0.1, 0.15) is 33.6 Å². The first-order valence-corrected chi connectivity index (χ1v) is 11.2. The van der Waals surface area contributed by atoms with Gasteiger partial charge in [-0.1, -0.05) is 6.92 Å².